The van der Waals surface area contributed by atoms with Crippen LogP contribution in [-0.2, 0) is 9.59 Å². The number of carbonyl (C=O) groups excluding carboxylic acids is 3. The molecule has 98 valence electrons. The van der Waals surface area contributed by atoms with Crippen molar-refractivity contribution in [1.29, 1.82) is 0 Å². The number of barbiturate groups is 1. The number of imide groups is 2. The number of nitrogens with one attached hydrogen (secondary N) is 1. The van der Waals surface area contributed by atoms with E-state index in [1.807, 2.05) is 7.05 Å². The molecule has 3 fully saturated rings. The molecule has 3 aliphatic rings. The molecule has 1 atom stereocenters. The number of hydrogen-bond acceptors (Lipinski definition) is 4. The van der Waals surface area contributed by atoms with Gasteiger partial charge < -0.3 is 4.90 Å². The number of hydrogen-bond donors (Lipinski definition) is 1. The largest absolute Gasteiger partial charge is 0.331 e. The summed E-state index contributed by atoms with van der Waals surface area (Å²) >= 11 is 0. The van der Waals surface area contributed by atoms with Crippen LogP contribution in [0.2, 0.25) is 0 Å². The zero-order valence-corrected chi connectivity index (χ0v) is 10.4. The maximum absolute atomic E-state index is 12.5. The molecule has 0 aromatic carbocycles. The first-order valence-electron chi connectivity index (χ1n) is 6.42. The first kappa shape index (κ1) is 11.6. The van der Waals surface area contributed by atoms with Crippen LogP contribution >= 0.6 is 0 Å². The van der Waals surface area contributed by atoms with E-state index in [0.29, 0.717) is 19.4 Å². The minimum atomic E-state index is -0.935. The van der Waals surface area contributed by atoms with E-state index in [9.17, 15) is 14.4 Å². The summed E-state index contributed by atoms with van der Waals surface area (Å²) in [5.41, 5.74) is -0.935. The number of carbonyl (C=O) groups is 3. The predicted molar refractivity (Wildman–Crippen MR) is 62.6 cm³/mol. The van der Waals surface area contributed by atoms with Crippen molar-refractivity contribution in [2.75, 3.05) is 20.1 Å². The van der Waals surface area contributed by atoms with E-state index in [1.54, 1.807) is 0 Å². The van der Waals surface area contributed by atoms with Crippen LogP contribution in [0.5, 0.6) is 0 Å². The van der Waals surface area contributed by atoms with Gasteiger partial charge in [0.1, 0.15) is 5.41 Å². The lowest BCUT2D eigenvalue weighted by Crippen LogP contribution is -2.68. The Morgan fingerprint density at radius 3 is 2.50 bits per heavy atom. The molecule has 0 bridgehead atoms. The van der Waals surface area contributed by atoms with E-state index in [4.69, 9.17) is 0 Å². The Labute approximate surface area is 105 Å². The lowest BCUT2D eigenvalue weighted by Gasteiger charge is -2.46. The Hall–Kier alpha value is -1.43. The molecule has 0 aromatic rings. The molecular formula is C12H17N3O3. The van der Waals surface area contributed by atoms with E-state index in [1.165, 1.54) is 4.90 Å². The van der Waals surface area contributed by atoms with E-state index < -0.39 is 17.4 Å². The standard InChI is InChI=1S/C12H17N3O3/c1-14-6-3-8(7-14)15-10(17)12(4-2-5-12)9(16)13-11(15)18/h8H,2-7H2,1H3,(H,13,16,18). The van der Waals surface area contributed by atoms with Crippen molar-refractivity contribution < 1.29 is 14.4 Å². The summed E-state index contributed by atoms with van der Waals surface area (Å²) in [5, 5.41) is 2.35. The normalized spacial score (nSPS) is 31.7. The van der Waals surface area contributed by atoms with Crippen LogP contribution in [0.1, 0.15) is 25.7 Å². The summed E-state index contributed by atoms with van der Waals surface area (Å²) in [7, 11) is 1.97. The third-order valence-electron chi connectivity index (χ3n) is 4.44. The second-order valence-corrected chi connectivity index (χ2v) is 5.57. The SMILES string of the molecule is CN1CCC(N2C(=O)NC(=O)C3(CCC3)C2=O)C1. The molecular weight excluding hydrogens is 234 g/mol. The van der Waals surface area contributed by atoms with Gasteiger partial charge in [-0.1, -0.05) is 6.42 Å². The fourth-order valence-electron chi connectivity index (χ4n) is 3.12. The molecule has 4 amide bonds. The topological polar surface area (TPSA) is 69.7 Å². The number of rotatable bonds is 1. The highest BCUT2D eigenvalue weighted by Gasteiger charge is 2.58. The Kier molecular flexibility index (Phi) is 2.45. The zero-order valence-electron chi connectivity index (χ0n) is 10.4. The molecule has 1 unspecified atom stereocenters. The summed E-state index contributed by atoms with van der Waals surface area (Å²) in [6, 6.07) is -0.629. The highest BCUT2D eigenvalue weighted by atomic mass is 16.2. The van der Waals surface area contributed by atoms with Gasteiger partial charge in [-0.3, -0.25) is 19.8 Å². The molecule has 2 aliphatic heterocycles. The van der Waals surface area contributed by atoms with Crippen LogP contribution in [0.3, 0.4) is 0 Å². The van der Waals surface area contributed by atoms with Gasteiger partial charge in [-0.25, -0.2) is 4.79 Å². The Morgan fingerprint density at radius 2 is 2.00 bits per heavy atom. The van der Waals surface area contributed by atoms with Gasteiger partial charge in [-0.15, -0.1) is 0 Å². The molecule has 2 heterocycles. The van der Waals surface area contributed by atoms with E-state index >= 15 is 0 Å². The van der Waals surface area contributed by atoms with Crippen molar-refractivity contribution in [2.45, 2.75) is 31.7 Å². The van der Waals surface area contributed by atoms with Crippen molar-refractivity contribution in [3.8, 4) is 0 Å². The van der Waals surface area contributed by atoms with Crippen molar-refractivity contribution in [3.63, 3.8) is 0 Å². The van der Waals surface area contributed by atoms with Gasteiger partial charge in [0.05, 0.1) is 6.04 Å². The van der Waals surface area contributed by atoms with Gasteiger partial charge in [0.2, 0.25) is 11.8 Å². The van der Waals surface area contributed by atoms with E-state index in [-0.39, 0.29) is 11.9 Å². The first-order valence-corrected chi connectivity index (χ1v) is 6.42. The number of urea groups is 1. The molecule has 1 saturated carbocycles. The summed E-state index contributed by atoms with van der Waals surface area (Å²) in [5.74, 6) is -0.672. The highest BCUT2D eigenvalue weighted by molar-refractivity contribution is 6.19. The number of amides is 4. The predicted octanol–water partition coefficient (Wildman–Crippen LogP) is -0.0608. The highest BCUT2D eigenvalue weighted by Crippen LogP contribution is 2.45. The second-order valence-electron chi connectivity index (χ2n) is 5.57. The Bertz CT molecular complexity index is 430. The van der Waals surface area contributed by atoms with Gasteiger partial charge in [-0.05, 0) is 32.9 Å². The summed E-state index contributed by atoms with van der Waals surface area (Å²) < 4.78 is 0. The zero-order chi connectivity index (χ0) is 12.9. The van der Waals surface area contributed by atoms with Crippen LogP contribution in [0.25, 0.3) is 0 Å². The second kappa shape index (κ2) is 3.78. The maximum Gasteiger partial charge on any atom is 0.331 e. The monoisotopic (exact) mass is 251 g/mol. The lowest BCUT2D eigenvalue weighted by atomic mass is 9.66. The molecule has 1 aliphatic carbocycles. The number of nitrogens with zero attached hydrogens (tertiary/aromatic N) is 2. The van der Waals surface area contributed by atoms with Crippen LogP contribution in [0, 0.1) is 5.41 Å². The third-order valence-corrected chi connectivity index (χ3v) is 4.44. The lowest BCUT2D eigenvalue weighted by molar-refractivity contribution is -0.159. The van der Waals surface area contributed by atoms with E-state index in [0.717, 1.165) is 19.4 Å². The molecule has 3 rings (SSSR count). The van der Waals surface area contributed by atoms with Crippen LogP contribution < -0.4 is 5.32 Å². The Balaban J connectivity index is 1.87. The van der Waals surface area contributed by atoms with Crippen LogP contribution in [0.15, 0.2) is 0 Å². The number of likely N-dealkylation sites (N-methyl/N-ethyl adjacent to an activating group) is 1. The molecule has 0 aromatic heterocycles. The van der Waals surface area contributed by atoms with Gasteiger partial charge in [-0.2, -0.15) is 0 Å². The van der Waals surface area contributed by atoms with E-state index in [2.05, 4.69) is 10.2 Å². The molecule has 6 heteroatoms. The van der Waals surface area contributed by atoms with Crippen molar-refractivity contribution in [1.82, 2.24) is 15.1 Å². The quantitative estimate of drug-likeness (QED) is 0.663. The molecule has 1 N–H and O–H groups in total. The van der Waals surface area contributed by atoms with Crippen molar-refractivity contribution >= 4 is 17.8 Å². The van der Waals surface area contributed by atoms with Gasteiger partial charge in [0.15, 0.2) is 0 Å². The van der Waals surface area contributed by atoms with Crippen molar-refractivity contribution in [3.05, 3.63) is 0 Å². The van der Waals surface area contributed by atoms with Crippen LogP contribution in [0.4, 0.5) is 4.79 Å². The smallest absolute Gasteiger partial charge is 0.304 e. The average Bonchev–Trinajstić information content (AvgIpc) is 2.61. The number of likely N-dealkylation sites (tertiary alicyclic amines) is 1. The average molecular weight is 251 g/mol. The minimum Gasteiger partial charge on any atom is -0.304 e. The van der Waals surface area contributed by atoms with Crippen LogP contribution in [-0.4, -0.2) is 53.8 Å². The fraction of sp³-hybridized carbons (Fsp3) is 0.750. The summed E-state index contributed by atoms with van der Waals surface area (Å²) in [4.78, 5) is 39.6. The minimum absolute atomic E-state index is 0.0897. The molecule has 2 saturated heterocycles. The summed E-state index contributed by atoms with van der Waals surface area (Å²) in [6.07, 6.45) is 2.82. The third kappa shape index (κ3) is 1.41. The van der Waals surface area contributed by atoms with Gasteiger partial charge in [0, 0.05) is 6.54 Å². The van der Waals surface area contributed by atoms with Gasteiger partial charge in [0.25, 0.3) is 0 Å². The molecule has 1 spiro atoms. The fourth-order valence-corrected chi connectivity index (χ4v) is 3.12. The Morgan fingerprint density at radius 1 is 1.28 bits per heavy atom. The van der Waals surface area contributed by atoms with Gasteiger partial charge >= 0.3 is 6.03 Å². The molecule has 6 nitrogen and oxygen atoms in total. The van der Waals surface area contributed by atoms with Crippen molar-refractivity contribution in [2.24, 2.45) is 5.41 Å². The summed E-state index contributed by atoms with van der Waals surface area (Å²) in [6.45, 7) is 1.58. The first-order chi connectivity index (χ1) is 8.54. The molecule has 18 heavy (non-hydrogen) atoms. The maximum atomic E-state index is 12.5. The molecule has 0 radical (unpaired) electrons.